The zero-order valence-electron chi connectivity index (χ0n) is 6.76. The lowest BCUT2D eigenvalue weighted by Crippen LogP contribution is -1.96. The van der Waals surface area contributed by atoms with E-state index in [1.165, 1.54) is 0 Å². The summed E-state index contributed by atoms with van der Waals surface area (Å²) in [5.74, 6) is 0.557. The number of nitrogen functional groups attached to an aromatic ring is 1. The van der Waals surface area contributed by atoms with Crippen LogP contribution >= 0.6 is 11.6 Å². The van der Waals surface area contributed by atoms with Crippen LogP contribution in [0.3, 0.4) is 0 Å². The van der Waals surface area contributed by atoms with Crippen molar-refractivity contribution in [2.45, 2.75) is 12.8 Å². The monoisotopic (exact) mass is 182 g/mol. The molecule has 0 amide bonds. The van der Waals surface area contributed by atoms with E-state index in [-0.39, 0.29) is 0 Å². The summed E-state index contributed by atoms with van der Waals surface area (Å²) in [4.78, 5) is 3.94. The molecule has 0 aliphatic carbocycles. The molecule has 0 aliphatic rings. The van der Waals surface area contributed by atoms with Crippen LogP contribution in [0, 0.1) is 0 Å². The van der Waals surface area contributed by atoms with Gasteiger partial charge in [0.2, 0.25) is 0 Å². The van der Waals surface area contributed by atoms with Crippen molar-refractivity contribution in [3.8, 4) is 0 Å². The molecule has 0 atom stereocenters. The van der Waals surface area contributed by atoms with Crippen LogP contribution in [0.5, 0.6) is 0 Å². The molecule has 3 heteroatoms. The minimum absolute atomic E-state index is 0.557. The Morgan fingerprint density at radius 1 is 1.67 bits per heavy atom. The molecular weight excluding hydrogens is 172 g/mol. The van der Waals surface area contributed by atoms with Crippen LogP contribution in [-0.2, 0) is 6.42 Å². The van der Waals surface area contributed by atoms with Crippen LogP contribution < -0.4 is 5.73 Å². The maximum atomic E-state index is 5.75. The molecule has 0 saturated heterocycles. The van der Waals surface area contributed by atoms with Crippen LogP contribution in [0.4, 0.5) is 5.82 Å². The number of nitrogens with two attached hydrogens (primary N) is 1. The Kier molecular flexibility index (Phi) is 3.11. The van der Waals surface area contributed by atoms with E-state index in [1.54, 1.807) is 6.20 Å². The number of rotatable bonds is 3. The van der Waals surface area contributed by atoms with Gasteiger partial charge in [0.05, 0.1) is 5.02 Å². The minimum atomic E-state index is 0.557. The Balaban J connectivity index is 2.82. The van der Waals surface area contributed by atoms with E-state index in [4.69, 9.17) is 17.3 Å². The number of allylic oxidation sites excluding steroid dienone is 1. The van der Waals surface area contributed by atoms with Crippen molar-refractivity contribution in [1.29, 1.82) is 0 Å². The van der Waals surface area contributed by atoms with Gasteiger partial charge in [-0.15, -0.1) is 6.58 Å². The molecule has 1 aromatic heterocycles. The Hall–Kier alpha value is -1.02. The second-order valence-electron chi connectivity index (χ2n) is 2.53. The van der Waals surface area contributed by atoms with E-state index in [1.807, 2.05) is 12.1 Å². The Labute approximate surface area is 77.1 Å². The predicted octanol–water partition coefficient (Wildman–Crippen LogP) is 2.44. The van der Waals surface area contributed by atoms with Gasteiger partial charge in [-0.25, -0.2) is 4.98 Å². The highest BCUT2D eigenvalue weighted by Gasteiger charge is 1.99. The predicted molar refractivity (Wildman–Crippen MR) is 52.2 cm³/mol. The number of nitrogens with zero attached hydrogens (tertiary/aromatic N) is 1. The zero-order chi connectivity index (χ0) is 8.97. The first-order valence-corrected chi connectivity index (χ1v) is 4.12. The average Bonchev–Trinajstić information content (AvgIpc) is 2.07. The van der Waals surface area contributed by atoms with Crippen molar-refractivity contribution in [3.05, 3.63) is 35.5 Å². The van der Waals surface area contributed by atoms with Crippen molar-refractivity contribution in [2.24, 2.45) is 0 Å². The highest BCUT2D eigenvalue weighted by Crippen LogP contribution is 2.16. The maximum absolute atomic E-state index is 5.75. The number of pyridine rings is 1. The molecule has 12 heavy (non-hydrogen) atoms. The van der Waals surface area contributed by atoms with Crippen molar-refractivity contribution in [2.75, 3.05) is 5.73 Å². The molecule has 2 nitrogen and oxygen atoms in total. The van der Waals surface area contributed by atoms with Gasteiger partial charge in [0.25, 0.3) is 0 Å². The first-order valence-electron chi connectivity index (χ1n) is 3.75. The molecule has 0 unspecified atom stereocenters. The molecule has 1 heterocycles. The fourth-order valence-corrected chi connectivity index (χ4v) is 1.13. The number of aryl methyl sites for hydroxylation is 1. The maximum Gasteiger partial charge on any atom is 0.126 e. The van der Waals surface area contributed by atoms with Crippen molar-refractivity contribution < 1.29 is 0 Å². The summed E-state index contributed by atoms with van der Waals surface area (Å²) < 4.78 is 0. The topological polar surface area (TPSA) is 38.9 Å². The number of aromatic nitrogens is 1. The third-order valence-electron chi connectivity index (χ3n) is 1.59. The van der Waals surface area contributed by atoms with Gasteiger partial charge in [-0.05, 0) is 24.5 Å². The summed E-state index contributed by atoms with van der Waals surface area (Å²) >= 11 is 5.75. The van der Waals surface area contributed by atoms with Crippen molar-refractivity contribution in [1.82, 2.24) is 4.98 Å². The zero-order valence-corrected chi connectivity index (χ0v) is 7.51. The summed E-state index contributed by atoms with van der Waals surface area (Å²) in [6.07, 6.45) is 5.14. The Bertz CT molecular complexity index is 284. The van der Waals surface area contributed by atoms with Crippen LogP contribution in [-0.4, -0.2) is 4.98 Å². The first kappa shape index (κ1) is 9.07. The third kappa shape index (κ3) is 2.24. The molecule has 0 saturated carbocycles. The van der Waals surface area contributed by atoms with Gasteiger partial charge in [-0.1, -0.05) is 17.7 Å². The smallest absolute Gasteiger partial charge is 0.126 e. The van der Waals surface area contributed by atoms with E-state index >= 15 is 0 Å². The summed E-state index contributed by atoms with van der Waals surface area (Å²) in [7, 11) is 0. The molecule has 0 fully saturated rings. The minimum Gasteiger partial charge on any atom is -0.383 e. The normalized spacial score (nSPS) is 9.75. The van der Waals surface area contributed by atoms with E-state index < -0.39 is 0 Å². The van der Waals surface area contributed by atoms with Crippen LogP contribution in [0.2, 0.25) is 5.02 Å². The number of halogens is 1. The largest absolute Gasteiger partial charge is 0.383 e. The first-order chi connectivity index (χ1) is 5.74. The highest BCUT2D eigenvalue weighted by molar-refractivity contribution is 6.30. The van der Waals surface area contributed by atoms with Crippen LogP contribution in [0.1, 0.15) is 12.0 Å². The molecular formula is C9H11ClN2. The molecule has 0 spiro atoms. The standard InChI is InChI=1S/C9H11ClN2/c1-2-3-4-7-5-8(10)6-12-9(7)11/h2,5-6H,1,3-4H2,(H2,11,12). The van der Waals surface area contributed by atoms with Gasteiger partial charge >= 0.3 is 0 Å². The molecule has 1 aromatic rings. The average molecular weight is 183 g/mol. The second-order valence-corrected chi connectivity index (χ2v) is 2.96. The Morgan fingerprint density at radius 2 is 2.42 bits per heavy atom. The lowest BCUT2D eigenvalue weighted by Gasteiger charge is -2.02. The van der Waals surface area contributed by atoms with Gasteiger partial charge < -0.3 is 5.73 Å². The van der Waals surface area contributed by atoms with Crippen molar-refractivity contribution in [3.63, 3.8) is 0 Å². The quantitative estimate of drug-likeness (QED) is 0.730. The molecule has 2 N–H and O–H groups in total. The fourth-order valence-electron chi connectivity index (χ4n) is 0.950. The van der Waals surface area contributed by atoms with E-state index in [2.05, 4.69) is 11.6 Å². The van der Waals surface area contributed by atoms with E-state index in [0.717, 1.165) is 18.4 Å². The Morgan fingerprint density at radius 3 is 3.08 bits per heavy atom. The summed E-state index contributed by atoms with van der Waals surface area (Å²) in [6.45, 7) is 3.63. The molecule has 0 aliphatic heterocycles. The van der Waals surface area contributed by atoms with Crippen LogP contribution in [0.25, 0.3) is 0 Å². The molecule has 1 rings (SSSR count). The van der Waals surface area contributed by atoms with E-state index in [9.17, 15) is 0 Å². The fraction of sp³-hybridized carbons (Fsp3) is 0.222. The molecule has 0 bridgehead atoms. The summed E-state index contributed by atoms with van der Waals surface area (Å²) in [5, 5.41) is 0.628. The lowest BCUT2D eigenvalue weighted by atomic mass is 10.1. The third-order valence-corrected chi connectivity index (χ3v) is 1.79. The molecule has 0 radical (unpaired) electrons. The van der Waals surface area contributed by atoms with Gasteiger partial charge in [0, 0.05) is 6.20 Å². The van der Waals surface area contributed by atoms with Crippen LogP contribution in [0.15, 0.2) is 24.9 Å². The number of hydrogen-bond acceptors (Lipinski definition) is 2. The van der Waals surface area contributed by atoms with Gasteiger partial charge in [0.1, 0.15) is 5.82 Å². The van der Waals surface area contributed by atoms with Gasteiger partial charge in [-0.3, -0.25) is 0 Å². The van der Waals surface area contributed by atoms with Gasteiger partial charge in [0.15, 0.2) is 0 Å². The second kappa shape index (κ2) is 4.12. The highest BCUT2D eigenvalue weighted by atomic mass is 35.5. The SMILES string of the molecule is C=CCCc1cc(Cl)cnc1N. The molecule has 64 valence electrons. The number of anilines is 1. The molecule has 0 aromatic carbocycles. The number of hydrogen-bond donors (Lipinski definition) is 1. The summed E-state index contributed by atoms with van der Waals surface area (Å²) in [6, 6.07) is 1.84. The van der Waals surface area contributed by atoms with Crippen molar-refractivity contribution >= 4 is 17.4 Å². The van der Waals surface area contributed by atoms with Gasteiger partial charge in [-0.2, -0.15) is 0 Å². The van der Waals surface area contributed by atoms with E-state index in [0.29, 0.717) is 10.8 Å². The lowest BCUT2D eigenvalue weighted by molar-refractivity contribution is 0.995. The summed E-state index contributed by atoms with van der Waals surface area (Å²) in [5.41, 5.74) is 6.61.